The summed E-state index contributed by atoms with van der Waals surface area (Å²) >= 11 is 0. The summed E-state index contributed by atoms with van der Waals surface area (Å²) in [6.07, 6.45) is 9.60. The van der Waals surface area contributed by atoms with Crippen LogP contribution in [0.4, 0.5) is 0 Å². The van der Waals surface area contributed by atoms with Crippen LogP contribution >= 0.6 is 43.2 Å². The number of carboxylic acid groups (broad SMARTS) is 1. The van der Waals surface area contributed by atoms with E-state index in [9.17, 15) is 4.79 Å². The number of aromatic nitrogens is 2. The van der Waals surface area contributed by atoms with Gasteiger partial charge in [-0.3, -0.25) is 5.26 Å². The number of hydrogen-bond acceptors (Lipinski definition) is 14. The predicted octanol–water partition coefficient (Wildman–Crippen LogP) is 3.22. The molecule has 0 amide bonds. The minimum atomic E-state index is -1.02. The maximum atomic E-state index is 9.67. The van der Waals surface area contributed by atoms with Crippen molar-refractivity contribution >= 4 is 49.1 Å². The summed E-state index contributed by atoms with van der Waals surface area (Å²) in [6.45, 7) is 0.370. The van der Waals surface area contributed by atoms with Gasteiger partial charge in [0.1, 0.15) is 24.1 Å². The van der Waals surface area contributed by atoms with E-state index in [0.717, 1.165) is 21.6 Å². The number of pyridine rings is 2. The molecule has 15 heteroatoms. The highest BCUT2D eigenvalue weighted by atomic mass is 33.1. The normalized spacial score (nSPS) is 10.7. The SMILES string of the molecule is O=C(O)COCCO.OCCOCC(CCSSc1ccccn1)OO.OCCSSc1ccccn1.[2H]C#C. The smallest absolute Gasteiger partial charge is 0.329 e. The molecule has 2 aromatic rings. The first kappa shape index (κ1) is 37.5. The Bertz CT molecular complexity index is 844. The zero-order valence-corrected chi connectivity index (χ0v) is 24.5. The van der Waals surface area contributed by atoms with Crippen LogP contribution in [0.5, 0.6) is 0 Å². The van der Waals surface area contributed by atoms with Gasteiger partial charge in [-0.2, -0.15) is 0 Å². The zero-order chi connectivity index (χ0) is 30.1. The quantitative estimate of drug-likeness (QED) is 0.0537. The molecular formula is C24H36N2O9S4. The third kappa shape index (κ3) is 29.3. The second kappa shape index (κ2) is 32.7. The van der Waals surface area contributed by atoms with E-state index in [0.29, 0.717) is 6.42 Å². The Labute approximate surface area is 246 Å². The van der Waals surface area contributed by atoms with Crippen molar-refractivity contribution in [2.45, 2.75) is 22.6 Å². The molecule has 0 saturated heterocycles. The van der Waals surface area contributed by atoms with E-state index < -0.39 is 5.97 Å². The molecule has 2 heterocycles. The molecule has 0 fully saturated rings. The number of carboxylic acids is 1. The summed E-state index contributed by atoms with van der Waals surface area (Å²) in [4.78, 5) is 22.3. The van der Waals surface area contributed by atoms with Crippen LogP contribution in [0.3, 0.4) is 0 Å². The number of rotatable bonds is 18. The minimum Gasteiger partial charge on any atom is -0.480 e. The van der Waals surface area contributed by atoms with Crippen molar-refractivity contribution in [2.75, 3.05) is 57.8 Å². The largest absolute Gasteiger partial charge is 0.480 e. The van der Waals surface area contributed by atoms with Crippen LogP contribution in [0.2, 0.25) is 0 Å². The highest BCUT2D eigenvalue weighted by Gasteiger charge is 2.09. The lowest BCUT2D eigenvalue weighted by Crippen LogP contribution is -2.20. The van der Waals surface area contributed by atoms with Gasteiger partial charge in [0, 0.05) is 23.9 Å². The molecule has 1 unspecified atom stereocenters. The van der Waals surface area contributed by atoms with Crippen LogP contribution in [0.25, 0.3) is 0 Å². The van der Waals surface area contributed by atoms with E-state index in [1.54, 1.807) is 55.6 Å². The van der Waals surface area contributed by atoms with Crippen molar-refractivity contribution in [3.05, 3.63) is 48.8 Å². The topological polar surface area (TPSA) is 172 Å². The van der Waals surface area contributed by atoms with Crippen molar-refractivity contribution in [3.8, 4) is 12.8 Å². The molecule has 0 aliphatic rings. The molecule has 0 bridgehead atoms. The van der Waals surface area contributed by atoms with E-state index in [1.165, 1.54) is 6.40 Å². The highest BCUT2D eigenvalue weighted by Crippen LogP contribution is 2.30. The van der Waals surface area contributed by atoms with Gasteiger partial charge in [0.15, 0.2) is 0 Å². The number of nitrogens with zero attached hydrogens (tertiary/aromatic N) is 2. The van der Waals surface area contributed by atoms with Crippen LogP contribution in [0, 0.1) is 12.8 Å². The highest BCUT2D eigenvalue weighted by molar-refractivity contribution is 8.77. The average molecular weight is 626 g/mol. The molecule has 0 aromatic carbocycles. The number of terminal acetylenes is 1. The van der Waals surface area contributed by atoms with E-state index in [4.69, 9.17) is 31.8 Å². The van der Waals surface area contributed by atoms with Gasteiger partial charge in [0.2, 0.25) is 0 Å². The van der Waals surface area contributed by atoms with Gasteiger partial charge >= 0.3 is 5.97 Å². The lowest BCUT2D eigenvalue weighted by Gasteiger charge is -2.12. The Morgan fingerprint density at radius 3 is 1.90 bits per heavy atom. The monoisotopic (exact) mass is 625 g/mol. The fourth-order valence-corrected chi connectivity index (χ4v) is 5.53. The third-order valence-corrected chi connectivity index (χ3v) is 7.95. The van der Waals surface area contributed by atoms with Crippen molar-refractivity contribution in [1.29, 1.82) is 0 Å². The first-order chi connectivity index (χ1) is 19.5. The number of aliphatic hydroxyl groups is 3. The summed E-state index contributed by atoms with van der Waals surface area (Å²) in [7, 11) is 6.44. The van der Waals surface area contributed by atoms with Crippen molar-refractivity contribution in [2.24, 2.45) is 0 Å². The number of aliphatic hydroxyl groups excluding tert-OH is 3. The van der Waals surface area contributed by atoms with E-state index in [-0.39, 0.29) is 52.4 Å². The molecule has 2 rings (SSSR count). The lowest BCUT2D eigenvalue weighted by molar-refractivity contribution is -0.287. The molecule has 39 heavy (non-hydrogen) atoms. The van der Waals surface area contributed by atoms with Gasteiger partial charge in [-0.15, -0.1) is 12.8 Å². The molecular weight excluding hydrogens is 589 g/mol. The predicted molar refractivity (Wildman–Crippen MR) is 158 cm³/mol. The standard InChI is InChI=1S/C11H17NO4S2.C7H9NOS2.C4H8O4.C2H2/c13-6-7-15-9-10(16-14)4-8-17-18-11-3-1-2-5-12-11;9-5-6-10-11-7-3-1-2-4-8-7;5-1-2-8-3-4(6)7;1-2/h1-3,5,10,13-14H,4,6-9H2;1-4,9H,5-6H2;5H,1-3H2,(H,6,7);1-2H/i;;;1D. The van der Waals surface area contributed by atoms with Crippen LogP contribution in [0.15, 0.2) is 58.8 Å². The second-order valence-electron chi connectivity index (χ2n) is 6.35. The molecule has 5 N–H and O–H groups in total. The molecule has 1 atom stereocenters. The summed E-state index contributed by atoms with van der Waals surface area (Å²) in [5.41, 5.74) is 0. The van der Waals surface area contributed by atoms with E-state index in [2.05, 4.69) is 26.0 Å². The fraction of sp³-hybridized carbons (Fsp3) is 0.458. The first-order valence-electron chi connectivity index (χ1n) is 11.8. The average Bonchev–Trinajstić information content (AvgIpc) is 2.97. The van der Waals surface area contributed by atoms with E-state index in [1.807, 2.05) is 36.4 Å². The summed E-state index contributed by atoms with van der Waals surface area (Å²) in [5.74, 6) is 0.550. The second-order valence-corrected chi connectivity index (χ2v) is 11.2. The summed E-state index contributed by atoms with van der Waals surface area (Å²) in [5, 5.41) is 43.7. The van der Waals surface area contributed by atoms with E-state index >= 15 is 0 Å². The minimum absolute atomic E-state index is 0.0254. The number of aliphatic carboxylic acids is 1. The maximum absolute atomic E-state index is 9.67. The van der Waals surface area contributed by atoms with Crippen LogP contribution < -0.4 is 0 Å². The van der Waals surface area contributed by atoms with Gasteiger partial charge in [-0.05, 0) is 52.3 Å². The van der Waals surface area contributed by atoms with Crippen LogP contribution in [0.1, 0.15) is 7.79 Å². The lowest BCUT2D eigenvalue weighted by atomic mass is 10.3. The van der Waals surface area contributed by atoms with Gasteiger partial charge in [-0.1, -0.05) is 33.7 Å². The van der Waals surface area contributed by atoms with Crippen molar-refractivity contribution < 1.29 is 46.2 Å². The molecule has 0 saturated carbocycles. The Kier molecular flexibility index (Phi) is 31.4. The first-order valence-corrected chi connectivity index (χ1v) is 15.9. The van der Waals surface area contributed by atoms with Crippen LogP contribution in [-0.2, 0) is 19.2 Å². The number of hydrogen-bond donors (Lipinski definition) is 5. The van der Waals surface area contributed by atoms with Crippen LogP contribution in [-0.4, -0.2) is 105 Å². The molecule has 0 aliphatic heterocycles. The Morgan fingerprint density at radius 1 is 0.923 bits per heavy atom. The van der Waals surface area contributed by atoms with Crippen molar-refractivity contribution in [1.82, 2.24) is 9.97 Å². The molecule has 0 aliphatic carbocycles. The molecule has 0 spiro atoms. The molecule has 11 nitrogen and oxygen atoms in total. The van der Waals surface area contributed by atoms with Gasteiger partial charge < -0.3 is 29.9 Å². The fourth-order valence-electron chi connectivity index (χ4n) is 1.88. The zero-order valence-electron chi connectivity index (χ0n) is 22.2. The Morgan fingerprint density at radius 2 is 1.46 bits per heavy atom. The molecule has 220 valence electrons. The molecule has 2 aromatic heterocycles. The third-order valence-electron chi connectivity index (χ3n) is 3.41. The molecule has 0 radical (unpaired) electrons. The Balaban J connectivity index is 0. The number of carbonyl (C=O) groups is 1. The summed E-state index contributed by atoms with van der Waals surface area (Å²) < 4.78 is 15.2. The van der Waals surface area contributed by atoms with Crippen molar-refractivity contribution in [3.63, 3.8) is 0 Å². The van der Waals surface area contributed by atoms with Gasteiger partial charge in [-0.25, -0.2) is 19.7 Å². The Hall–Kier alpha value is -1.55. The maximum Gasteiger partial charge on any atom is 0.329 e. The van der Waals surface area contributed by atoms with Gasteiger partial charge in [0.05, 0.1) is 39.6 Å². The number of ether oxygens (including phenoxy) is 2. The summed E-state index contributed by atoms with van der Waals surface area (Å²) in [6, 6.07) is 11.6. The van der Waals surface area contributed by atoms with Gasteiger partial charge in [0.25, 0.3) is 0 Å².